The minimum atomic E-state index is 0.557. The number of benzene rings is 1. The molecule has 106 valence electrons. The number of rotatable bonds is 4. The Bertz CT molecular complexity index is 406. The van der Waals surface area contributed by atoms with E-state index in [-0.39, 0.29) is 0 Å². The number of alkyl halides is 1. The van der Waals surface area contributed by atoms with Crippen LogP contribution in [0.15, 0.2) is 18.2 Å². The maximum Gasteiger partial charge on any atom is 0.0494 e. The van der Waals surface area contributed by atoms with E-state index in [0.717, 1.165) is 24.0 Å². The molecule has 0 bridgehead atoms. The van der Waals surface area contributed by atoms with E-state index >= 15 is 0 Å². The van der Waals surface area contributed by atoms with Gasteiger partial charge in [-0.15, -0.1) is 11.6 Å². The van der Waals surface area contributed by atoms with Crippen LogP contribution >= 0.6 is 23.2 Å². The maximum absolute atomic E-state index is 6.14. The van der Waals surface area contributed by atoms with Crippen molar-refractivity contribution in [2.24, 2.45) is 5.92 Å². The lowest BCUT2D eigenvalue weighted by molar-refractivity contribution is 0.435. The second kappa shape index (κ2) is 7.40. The molecule has 1 saturated heterocycles. The average molecular weight is 300 g/mol. The molecule has 1 aliphatic heterocycles. The molecule has 1 aromatic carbocycles. The summed E-state index contributed by atoms with van der Waals surface area (Å²) < 4.78 is 0. The third-order valence-electron chi connectivity index (χ3n) is 4.08. The Labute approximate surface area is 126 Å². The Morgan fingerprint density at radius 2 is 2.11 bits per heavy atom. The highest BCUT2D eigenvalue weighted by atomic mass is 35.5. The molecule has 2 rings (SSSR count). The third-order valence-corrected chi connectivity index (χ3v) is 4.60. The summed E-state index contributed by atoms with van der Waals surface area (Å²) in [4.78, 5) is 2.47. The lowest BCUT2D eigenvalue weighted by Crippen LogP contribution is -2.25. The van der Waals surface area contributed by atoms with E-state index in [1.165, 1.54) is 43.4 Å². The molecule has 19 heavy (non-hydrogen) atoms. The first kappa shape index (κ1) is 15.0. The molecule has 0 spiro atoms. The Balaban J connectivity index is 2.11. The van der Waals surface area contributed by atoms with Gasteiger partial charge in [-0.25, -0.2) is 0 Å². The van der Waals surface area contributed by atoms with Crippen LogP contribution in [-0.2, 0) is 5.88 Å². The molecule has 0 saturated carbocycles. The predicted octanol–water partition coefficient (Wildman–Crippen LogP) is 5.49. The minimum Gasteiger partial charge on any atom is -0.371 e. The molecule has 3 heteroatoms. The van der Waals surface area contributed by atoms with E-state index < -0.39 is 0 Å². The Hall–Kier alpha value is -0.400. The summed E-state index contributed by atoms with van der Waals surface area (Å²) in [6.45, 7) is 4.55. The zero-order chi connectivity index (χ0) is 13.7. The molecule has 0 aromatic heterocycles. The Kier molecular flexibility index (Phi) is 5.84. The molecule has 1 heterocycles. The molecule has 1 aliphatic rings. The first-order valence-corrected chi connectivity index (χ1v) is 8.25. The minimum absolute atomic E-state index is 0.557. The SMILES string of the molecule is CCCC1CCCN(c2cc(Cl)ccc2CCl)CC1. The average Bonchev–Trinajstić information content (AvgIpc) is 2.65. The van der Waals surface area contributed by atoms with E-state index in [4.69, 9.17) is 23.2 Å². The fraction of sp³-hybridized carbons (Fsp3) is 0.625. The van der Waals surface area contributed by atoms with Gasteiger partial charge in [-0.2, -0.15) is 0 Å². The van der Waals surface area contributed by atoms with Crippen molar-refractivity contribution < 1.29 is 0 Å². The van der Waals surface area contributed by atoms with Crippen molar-refractivity contribution in [2.45, 2.75) is 44.9 Å². The summed E-state index contributed by atoms with van der Waals surface area (Å²) in [6.07, 6.45) is 6.60. The molecule has 1 unspecified atom stereocenters. The predicted molar refractivity (Wildman–Crippen MR) is 85.5 cm³/mol. The zero-order valence-corrected chi connectivity index (χ0v) is 13.2. The second-order valence-electron chi connectivity index (χ2n) is 5.48. The Morgan fingerprint density at radius 1 is 1.26 bits per heavy atom. The zero-order valence-electron chi connectivity index (χ0n) is 11.7. The molecule has 0 amide bonds. The van der Waals surface area contributed by atoms with Gasteiger partial charge in [0.05, 0.1) is 0 Å². The van der Waals surface area contributed by atoms with Gasteiger partial charge < -0.3 is 4.90 Å². The van der Waals surface area contributed by atoms with Gasteiger partial charge in [0.25, 0.3) is 0 Å². The number of nitrogens with zero attached hydrogens (tertiary/aromatic N) is 1. The summed E-state index contributed by atoms with van der Waals surface area (Å²) in [6, 6.07) is 6.05. The maximum atomic E-state index is 6.14. The van der Waals surface area contributed by atoms with Crippen LogP contribution in [0.25, 0.3) is 0 Å². The molecular formula is C16H23Cl2N. The van der Waals surface area contributed by atoms with E-state index in [1.54, 1.807) is 0 Å². The van der Waals surface area contributed by atoms with Crippen LogP contribution in [0.4, 0.5) is 5.69 Å². The molecule has 1 nitrogen and oxygen atoms in total. The summed E-state index contributed by atoms with van der Waals surface area (Å²) in [5, 5.41) is 0.804. The number of hydrogen-bond acceptors (Lipinski definition) is 1. The molecule has 1 aromatic rings. The van der Waals surface area contributed by atoms with E-state index in [1.807, 2.05) is 6.07 Å². The monoisotopic (exact) mass is 299 g/mol. The van der Waals surface area contributed by atoms with Crippen LogP contribution in [0.3, 0.4) is 0 Å². The summed E-state index contributed by atoms with van der Waals surface area (Å²) in [7, 11) is 0. The van der Waals surface area contributed by atoms with Gasteiger partial charge in [0.1, 0.15) is 0 Å². The van der Waals surface area contributed by atoms with Crippen LogP contribution < -0.4 is 4.90 Å². The van der Waals surface area contributed by atoms with Crippen LogP contribution in [0.1, 0.15) is 44.6 Å². The molecule has 0 aliphatic carbocycles. The molecular weight excluding hydrogens is 277 g/mol. The number of halogens is 2. The van der Waals surface area contributed by atoms with Crippen LogP contribution in [0.2, 0.25) is 5.02 Å². The number of anilines is 1. The normalized spacial score (nSPS) is 20.4. The van der Waals surface area contributed by atoms with Crippen LogP contribution in [0, 0.1) is 5.92 Å². The van der Waals surface area contributed by atoms with Gasteiger partial charge in [0.15, 0.2) is 0 Å². The Morgan fingerprint density at radius 3 is 2.84 bits per heavy atom. The van der Waals surface area contributed by atoms with Crippen LogP contribution in [-0.4, -0.2) is 13.1 Å². The second-order valence-corrected chi connectivity index (χ2v) is 6.18. The van der Waals surface area contributed by atoms with Gasteiger partial charge in [0, 0.05) is 29.7 Å². The molecule has 0 radical (unpaired) electrons. The highest BCUT2D eigenvalue weighted by molar-refractivity contribution is 6.31. The lowest BCUT2D eigenvalue weighted by atomic mass is 9.96. The van der Waals surface area contributed by atoms with Crippen LogP contribution in [0.5, 0.6) is 0 Å². The van der Waals surface area contributed by atoms with Gasteiger partial charge >= 0.3 is 0 Å². The fourth-order valence-corrected chi connectivity index (χ4v) is 3.44. The standard InChI is InChI=1S/C16H23Cl2N/c1-2-4-13-5-3-9-19(10-8-13)16-11-15(18)7-6-14(16)12-17/h6-7,11,13H,2-5,8-10,12H2,1H3. The van der Waals surface area contributed by atoms with E-state index in [2.05, 4.69) is 24.0 Å². The first-order chi connectivity index (χ1) is 9.24. The highest BCUT2D eigenvalue weighted by Crippen LogP contribution is 2.30. The van der Waals surface area contributed by atoms with Gasteiger partial charge in [-0.1, -0.05) is 37.4 Å². The summed E-state index contributed by atoms with van der Waals surface area (Å²) >= 11 is 12.2. The fourth-order valence-electron chi connectivity index (χ4n) is 3.05. The van der Waals surface area contributed by atoms with Crippen molar-refractivity contribution in [1.29, 1.82) is 0 Å². The van der Waals surface area contributed by atoms with E-state index in [9.17, 15) is 0 Å². The smallest absolute Gasteiger partial charge is 0.0494 e. The van der Waals surface area contributed by atoms with E-state index in [0.29, 0.717) is 5.88 Å². The van der Waals surface area contributed by atoms with Gasteiger partial charge in [0.2, 0.25) is 0 Å². The quantitative estimate of drug-likeness (QED) is 0.665. The van der Waals surface area contributed by atoms with Crippen molar-refractivity contribution in [3.8, 4) is 0 Å². The third kappa shape index (κ3) is 4.03. The molecule has 1 fully saturated rings. The number of hydrogen-bond donors (Lipinski definition) is 0. The highest BCUT2D eigenvalue weighted by Gasteiger charge is 2.18. The summed E-state index contributed by atoms with van der Waals surface area (Å²) in [5.74, 6) is 1.45. The van der Waals surface area contributed by atoms with Crippen molar-refractivity contribution in [3.63, 3.8) is 0 Å². The summed E-state index contributed by atoms with van der Waals surface area (Å²) in [5.41, 5.74) is 2.43. The van der Waals surface area contributed by atoms with Crippen molar-refractivity contribution in [2.75, 3.05) is 18.0 Å². The molecule has 0 N–H and O–H groups in total. The van der Waals surface area contributed by atoms with Crippen molar-refractivity contribution in [1.82, 2.24) is 0 Å². The lowest BCUT2D eigenvalue weighted by Gasteiger charge is -2.25. The largest absolute Gasteiger partial charge is 0.371 e. The first-order valence-electron chi connectivity index (χ1n) is 7.34. The van der Waals surface area contributed by atoms with Crippen molar-refractivity contribution >= 4 is 28.9 Å². The molecule has 1 atom stereocenters. The van der Waals surface area contributed by atoms with Crippen molar-refractivity contribution in [3.05, 3.63) is 28.8 Å². The van der Waals surface area contributed by atoms with Gasteiger partial charge in [-0.05, 0) is 42.9 Å². The van der Waals surface area contributed by atoms with Gasteiger partial charge in [-0.3, -0.25) is 0 Å². The topological polar surface area (TPSA) is 3.24 Å².